The number of amides is 2. The molecule has 0 saturated carbocycles. The predicted molar refractivity (Wildman–Crippen MR) is 132 cm³/mol. The Labute approximate surface area is 203 Å². The van der Waals surface area contributed by atoms with Gasteiger partial charge >= 0.3 is 0 Å². The minimum Gasteiger partial charge on any atom is -0.493 e. The number of halogens is 1. The van der Waals surface area contributed by atoms with E-state index in [9.17, 15) is 9.59 Å². The molecule has 2 amide bonds. The normalized spacial score (nSPS) is 14.4. The molecule has 1 aliphatic rings. The van der Waals surface area contributed by atoms with Crippen molar-refractivity contribution < 1.29 is 19.1 Å². The van der Waals surface area contributed by atoms with Gasteiger partial charge in [-0.2, -0.15) is 10.1 Å². The van der Waals surface area contributed by atoms with Gasteiger partial charge in [0, 0.05) is 5.56 Å². The largest absolute Gasteiger partial charge is 0.493 e. The summed E-state index contributed by atoms with van der Waals surface area (Å²) in [5.74, 6) is -0.135. The van der Waals surface area contributed by atoms with Crippen LogP contribution < -0.4 is 9.47 Å². The van der Waals surface area contributed by atoms with Crippen LogP contribution in [0, 0.1) is 6.92 Å². The lowest BCUT2D eigenvalue weighted by Gasteiger charge is -2.14. The molecule has 1 aliphatic heterocycles. The summed E-state index contributed by atoms with van der Waals surface area (Å²) < 4.78 is 11.4. The van der Waals surface area contributed by atoms with E-state index in [1.165, 1.54) is 12.7 Å². The topological polar surface area (TPSA) is 68.2 Å². The third kappa shape index (κ3) is 4.87. The lowest BCUT2D eigenvalue weighted by atomic mass is 10.1. The monoisotopic (exact) mass is 474 g/mol. The summed E-state index contributed by atoms with van der Waals surface area (Å²) in [6.45, 7) is 4.04. The summed E-state index contributed by atoms with van der Waals surface area (Å²) in [6.07, 6.45) is 1.64. The first-order chi connectivity index (χ1) is 16.4. The standard InChI is InChI=1S/C27H23ClN2O4/c1-17-9-11-19(12-10-17)16-34-25-23(28)14-20(15-24(25)33-3)13-22-18(2)29-30(27(22)32)26(31)21-7-5-4-6-8-21/h4-15H,16H2,1-3H3/b22-13+. The lowest BCUT2D eigenvalue weighted by molar-refractivity contribution is -0.123. The van der Waals surface area contributed by atoms with Gasteiger partial charge in [-0.25, -0.2) is 0 Å². The quantitative estimate of drug-likeness (QED) is 0.340. The number of hydrazone groups is 1. The van der Waals surface area contributed by atoms with E-state index in [4.69, 9.17) is 21.1 Å². The number of benzene rings is 3. The Kier molecular flexibility index (Phi) is 6.80. The van der Waals surface area contributed by atoms with Crippen LogP contribution in [0.15, 0.2) is 77.4 Å². The van der Waals surface area contributed by atoms with Crippen LogP contribution in [0.3, 0.4) is 0 Å². The summed E-state index contributed by atoms with van der Waals surface area (Å²) in [7, 11) is 1.52. The first-order valence-corrected chi connectivity index (χ1v) is 11.0. The smallest absolute Gasteiger partial charge is 0.283 e. The highest BCUT2D eigenvalue weighted by molar-refractivity contribution is 6.33. The van der Waals surface area contributed by atoms with Crippen LogP contribution in [-0.2, 0) is 11.4 Å². The zero-order chi connectivity index (χ0) is 24.2. The second kappa shape index (κ2) is 9.93. The molecule has 0 N–H and O–H groups in total. The lowest BCUT2D eigenvalue weighted by Crippen LogP contribution is -2.29. The fourth-order valence-electron chi connectivity index (χ4n) is 3.49. The van der Waals surface area contributed by atoms with E-state index in [0.29, 0.717) is 45.5 Å². The van der Waals surface area contributed by atoms with Gasteiger partial charge in [-0.1, -0.05) is 59.6 Å². The molecule has 1 heterocycles. The number of imide groups is 1. The maximum Gasteiger partial charge on any atom is 0.283 e. The summed E-state index contributed by atoms with van der Waals surface area (Å²) in [4.78, 5) is 25.7. The zero-order valence-electron chi connectivity index (χ0n) is 19.0. The van der Waals surface area contributed by atoms with Gasteiger partial charge < -0.3 is 9.47 Å². The Morgan fingerprint density at radius 2 is 1.76 bits per heavy atom. The highest BCUT2D eigenvalue weighted by atomic mass is 35.5. The average molecular weight is 475 g/mol. The van der Waals surface area contributed by atoms with E-state index in [2.05, 4.69) is 5.10 Å². The number of hydrogen-bond donors (Lipinski definition) is 0. The number of rotatable bonds is 6. The molecule has 0 aliphatic carbocycles. The average Bonchev–Trinajstić information content (AvgIpc) is 3.12. The van der Waals surface area contributed by atoms with Crippen LogP contribution in [0.1, 0.15) is 34.0 Å². The fourth-order valence-corrected chi connectivity index (χ4v) is 3.77. The molecular weight excluding hydrogens is 452 g/mol. The van der Waals surface area contributed by atoms with E-state index in [1.54, 1.807) is 55.5 Å². The zero-order valence-corrected chi connectivity index (χ0v) is 19.8. The van der Waals surface area contributed by atoms with Gasteiger partial charge in [0.1, 0.15) is 6.61 Å². The predicted octanol–water partition coefficient (Wildman–Crippen LogP) is 5.68. The minimum absolute atomic E-state index is 0.302. The first-order valence-electron chi connectivity index (χ1n) is 10.6. The van der Waals surface area contributed by atoms with Gasteiger partial charge in [-0.15, -0.1) is 0 Å². The molecule has 3 aromatic rings. The van der Waals surface area contributed by atoms with Gasteiger partial charge in [0.2, 0.25) is 0 Å². The van der Waals surface area contributed by atoms with Crippen molar-refractivity contribution in [3.63, 3.8) is 0 Å². The van der Waals surface area contributed by atoms with Crippen molar-refractivity contribution in [1.82, 2.24) is 5.01 Å². The second-order valence-electron chi connectivity index (χ2n) is 7.84. The Bertz CT molecular complexity index is 1300. The van der Waals surface area contributed by atoms with E-state index < -0.39 is 11.8 Å². The SMILES string of the molecule is COc1cc(/C=C2/C(=O)N(C(=O)c3ccccc3)N=C2C)cc(Cl)c1OCc1ccc(C)cc1. The molecule has 0 bridgehead atoms. The van der Waals surface area contributed by atoms with Crippen molar-refractivity contribution in [2.24, 2.45) is 5.10 Å². The van der Waals surface area contributed by atoms with Crippen molar-refractivity contribution >= 4 is 35.2 Å². The highest BCUT2D eigenvalue weighted by Gasteiger charge is 2.33. The van der Waals surface area contributed by atoms with Crippen molar-refractivity contribution in [2.45, 2.75) is 20.5 Å². The van der Waals surface area contributed by atoms with Gasteiger partial charge in [0.05, 0.1) is 23.4 Å². The number of nitrogens with zero attached hydrogens (tertiary/aromatic N) is 2. The molecule has 0 atom stereocenters. The second-order valence-corrected chi connectivity index (χ2v) is 8.25. The van der Waals surface area contributed by atoms with Crippen LogP contribution in [0.2, 0.25) is 5.02 Å². The molecule has 0 aromatic heterocycles. The van der Waals surface area contributed by atoms with Gasteiger partial charge in [-0.3, -0.25) is 9.59 Å². The highest BCUT2D eigenvalue weighted by Crippen LogP contribution is 2.38. The molecule has 3 aromatic carbocycles. The number of aryl methyl sites for hydroxylation is 1. The molecule has 0 unspecified atom stereocenters. The summed E-state index contributed by atoms with van der Waals surface area (Å²) in [5, 5.41) is 5.40. The van der Waals surface area contributed by atoms with E-state index >= 15 is 0 Å². The van der Waals surface area contributed by atoms with Gasteiger partial charge in [0.25, 0.3) is 11.8 Å². The Morgan fingerprint density at radius 3 is 2.44 bits per heavy atom. The van der Waals surface area contributed by atoms with Crippen LogP contribution >= 0.6 is 11.6 Å². The third-order valence-corrected chi connectivity index (χ3v) is 5.62. The first kappa shape index (κ1) is 23.3. The Balaban J connectivity index is 1.57. The molecule has 172 valence electrons. The molecule has 0 fully saturated rings. The van der Waals surface area contributed by atoms with Gasteiger partial charge in [0.15, 0.2) is 11.5 Å². The molecule has 4 rings (SSSR count). The fraction of sp³-hybridized carbons (Fsp3) is 0.148. The number of hydrogen-bond acceptors (Lipinski definition) is 5. The number of ether oxygens (including phenoxy) is 2. The molecule has 0 radical (unpaired) electrons. The minimum atomic E-state index is -0.499. The van der Waals surface area contributed by atoms with Crippen molar-refractivity contribution in [3.05, 3.63) is 99.6 Å². The molecular formula is C27H23ClN2O4. The number of methoxy groups -OCH3 is 1. The van der Waals surface area contributed by atoms with Crippen molar-refractivity contribution in [2.75, 3.05) is 7.11 Å². The summed E-state index contributed by atoms with van der Waals surface area (Å²) >= 11 is 6.51. The molecule has 0 saturated heterocycles. The number of carbonyl (C=O) groups is 2. The van der Waals surface area contributed by atoms with E-state index in [1.807, 2.05) is 31.2 Å². The maximum absolute atomic E-state index is 13.0. The van der Waals surface area contributed by atoms with Gasteiger partial charge in [-0.05, 0) is 55.3 Å². The molecule has 7 heteroatoms. The summed E-state index contributed by atoms with van der Waals surface area (Å²) in [5.41, 5.74) is 3.91. The van der Waals surface area contributed by atoms with Crippen molar-refractivity contribution in [3.8, 4) is 11.5 Å². The molecule has 6 nitrogen and oxygen atoms in total. The number of carbonyl (C=O) groups excluding carboxylic acids is 2. The van der Waals surface area contributed by atoms with E-state index in [0.717, 1.165) is 10.6 Å². The third-order valence-electron chi connectivity index (χ3n) is 5.34. The Morgan fingerprint density at radius 1 is 1.06 bits per heavy atom. The van der Waals surface area contributed by atoms with Crippen LogP contribution in [0.25, 0.3) is 6.08 Å². The van der Waals surface area contributed by atoms with Crippen molar-refractivity contribution in [1.29, 1.82) is 0 Å². The van der Waals surface area contributed by atoms with Crippen LogP contribution in [-0.4, -0.2) is 29.6 Å². The van der Waals surface area contributed by atoms with Crippen LogP contribution in [0.4, 0.5) is 0 Å². The van der Waals surface area contributed by atoms with Crippen LogP contribution in [0.5, 0.6) is 11.5 Å². The molecule has 34 heavy (non-hydrogen) atoms. The van der Waals surface area contributed by atoms with E-state index in [-0.39, 0.29) is 0 Å². The maximum atomic E-state index is 13.0. The Hall–Kier alpha value is -3.90. The summed E-state index contributed by atoms with van der Waals surface area (Å²) in [6, 6.07) is 20.0. The molecule has 0 spiro atoms.